The molecule has 0 radical (unpaired) electrons. The van der Waals surface area contributed by atoms with Crippen LogP contribution in [0.3, 0.4) is 0 Å². The van der Waals surface area contributed by atoms with Gasteiger partial charge in [-0.15, -0.1) is 5.43 Å². The first-order valence-electron chi connectivity index (χ1n) is 3.05. The van der Waals surface area contributed by atoms with Gasteiger partial charge < -0.3 is 0 Å². The molecule has 0 aromatic rings. The molecular weight excluding hydrogens is 182 g/mol. The molecule has 0 fully saturated rings. The Hall–Kier alpha value is -1.36. The van der Waals surface area contributed by atoms with E-state index in [-0.39, 0.29) is 11.7 Å². The SMILES string of the molecule is C=CC(Cl)=N/C=C\CN[N+](=O)[O-]. The van der Waals surface area contributed by atoms with Crippen molar-refractivity contribution in [2.45, 2.75) is 0 Å². The zero-order valence-corrected chi connectivity index (χ0v) is 6.99. The van der Waals surface area contributed by atoms with E-state index in [2.05, 4.69) is 11.6 Å². The first-order chi connectivity index (χ1) is 5.66. The Bertz CT molecular complexity index is 225. The molecule has 0 atom stereocenters. The lowest BCUT2D eigenvalue weighted by molar-refractivity contribution is -0.542. The van der Waals surface area contributed by atoms with Gasteiger partial charge in [0.05, 0.1) is 6.54 Å². The van der Waals surface area contributed by atoms with Gasteiger partial charge in [-0.2, -0.15) is 0 Å². The van der Waals surface area contributed by atoms with Crippen LogP contribution in [0.5, 0.6) is 0 Å². The van der Waals surface area contributed by atoms with Gasteiger partial charge in [-0.25, -0.2) is 15.1 Å². The molecule has 0 saturated carbocycles. The highest BCUT2D eigenvalue weighted by atomic mass is 35.5. The minimum Gasteiger partial charge on any atom is -0.245 e. The molecule has 1 N–H and O–H groups in total. The van der Waals surface area contributed by atoms with Crippen molar-refractivity contribution < 1.29 is 5.03 Å². The third kappa shape index (κ3) is 6.76. The quantitative estimate of drug-likeness (QED) is 0.400. The third-order valence-electron chi connectivity index (χ3n) is 0.810. The van der Waals surface area contributed by atoms with Crippen molar-refractivity contribution in [2.24, 2.45) is 4.99 Å². The summed E-state index contributed by atoms with van der Waals surface area (Å²) in [5, 5.41) is 9.34. The van der Waals surface area contributed by atoms with Crippen LogP contribution < -0.4 is 5.43 Å². The Labute approximate surface area is 74.6 Å². The van der Waals surface area contributed by atoms with Crippen LogP contribution in [0.1, 0.15) is 0 Å². The van der Waals surface area contributed by atoms with E-state index in [4.69, 9.17) is 11.6 Å². The van der Waals surface area contributed by atoms with E-state index in [9.17, 15) is 10.1 Å². The molecule has 0 heterocycles. The van der Waals surface area contributed by atoms with Gasteiger partial charge in [0.25, 0.3) is 0 Å². The Morgan fingerprint density at radius 2 is 2.50 bits per heavy atom. The van der Waals surface area contributed by atoms with Crippen LogP contribution in [-0.4, -0.2) is 16.7 Å². The van der Waals surface area contributed by atoms with Gasteiger partial charge in [0.1, 0.15) is 5.17 Å². The Morgan fingerprint density at radius 3 is 3.00 bits per heavy atom. The van der Waals surface area contributed by atoms with Crippen molar-refractivity contribution in [1.29, 1.82) is 0 Å². The highest BCUT2D eigenvalue weighted by molar-refractivity contribution is 6.68. The zero-order valence-electron chi connectivity index (χ0n) is 6.24. The summed E-state index contributed by atoms with van der Waals surface area (Å²) in [4.78, 5) is 13.4. The summed E-state index contributed by atoms with van der Waals surface area (Å²) in [5.74, 6) is 0. The fraction of sp³-hybridized carbons (Fsp3) is 0.167. The minimum absolute atomic E-state index is 0.109. The van der Waals surface area contributed by atoms with Crippen LogP contribution in [0.2, 0.25) is 0 Å². The van der Waals surface area contributed by atoms with Gasteiger partial charge in [-0.1, -0.05) is 18.2 Å². The molecule has 6 heteroatoms. The molecule has 0 unspecified atom stereocenters. The number of hydrazine groups is 1. The first-order valence-corrected chi connectivity index (χ1v) is 3.43. The van der Waals surface area contributed by atoms with Gasteiger partial charge in [0.15, 0.2) is 5.03 Å². The molecule has 0 amide bonds. The summed E-state index contributed by atoms with van der Waals surface area (Å²) in [6, 6.07) is 0. The fourth-order valence-corrected chi connectivity index (χ4v) is 0.413. The average Bonchev–Trinajstić information content (AvgIpc) is 2.03. The van der Waals surface area contributed by atoms with Crippen LogP contribution >= 0.6 is 11.6 Å². The minimum atomic E-state index is -0.636. The molecule has 0 aliphatic carbocycles. The maximum absolute atomic E-state index is 9.73. The molecule has 12 heavy (non-hydrogen) atoms. The van der Waals surface area contributed by atoms with Crippen LogP contribution in [0.4, 0.5) is 0 Å². The number of allylic oxidation sites excluding steroid dienone is 1. The molecule has 0 spiro atoms. The van der Waals surface area contributed by atoms with Gasteiger partial charge >= 0.3 is 0 Å². The Kier molecular flexibility index (Phi) is 5.64. The highest BCUT2D eigenvalue weighted by Crippen LogP contribution is 1.87. The zero-order chi connectivity index (χ0) is 9.40. The van der Waals surface area contributed by atoms with Crippen molar-refractivity contribution >= 4 is 16.8 Å². The molecule has 0 aromatic heterocycles. The summed E-state index contributed by atoms with van der Waals surface area (Å²) in [5.41, 5.74) is 1.93. The average molecular weight is 190 g/mol. The molecule has 0 aliphatic rings. The monoisotopic (exact) mass is 189 g/mol. The lowest BCUT2D eigenvalue weighted by Crippen LogP contribution is -2.20. The predicted octanol–water partition coefficient (Wildman–Crippen LogP) is 1.10. The number of nitrogens with zero attached hydrogens (tertiary/aromatic N) is 2. The van der Waals surface area contributed by atoms with E-state index in [1.54, 1.807) is 0 Å². The van der Waals surface area contributed by atoms with E-state index in [0.717, 1.165) is 0 Å². The fourth-order valence-electron chi connectivity index (χ4n) is 0.357. The second-order valence-electron chi connectivity index (χ2n) is 1.66. The number of hydrogen-bond acceptors (Lipinski definition) is 3. The molecule has 0 saturated heterocycles. The number of halogens is 1. The number of nitro groups is 1. The maximum atomic E-state index is 9.73. The van der Waals surface area contributed by atoms with Gasteiger partial charge in [-0.3, -0.25) is 0 Å². The topological polar surface area (TPSA) is 67.5 Å². The number of nitrogens with one attached hydrogen (secondary N) is 1. The Balaban J connectivity index is 3.63. The second kappa shape index (κ2) is 6.36. The standard InChI is InChI=1S/C6H8ClN3O2/c1-2-6(7)8-4-3-5-9-10(11)12/h2-4,9H,1,5H2/b4-3-,8-6?. The van der Waals surface area contributed by atoms with Crippen molar-refractivity contribution in [2.75, 3.05) is 6.54 Å². The summed E-state index contributed by atoms with van der Waals surface area (Å²) in [6.45, 7) is 3.48. The molecule has 0 rings (SSSR count). The summed E-state index contributed by atoms with van der Waals surface area (Å²) in [7, 11) is 0. The van der Waals surface area contributed by atoms with Crippen LogP contribution in [-0.2, 0) is 0 Å². The second-order valence-corrected chi connectivity index (χ2v) is 2.05. The number of aliphatic imine (C=N–C) groups is 1. The Morgan fingerprint density at radius 1 is 1.83 bits per heavy atom. The van der Waals surface area contributed by atoms with Crippen molar-refractivity contribution in [1.82, 2.24) is 5.43 Å². The predicted molar refractivity (Wildman–Crippen MR) is 47.6 cm³/mol. The lowest BCUT2D eigenvalue weighted by Gasteiger charge is -1.87. The van der Waals surface area contributed by atoms with Crippen molar-refractivity contribution in [3.8, 4) is 0 Å². The smallest absolute Gasteiger partial charge is 0.157 e. The van der Waals surface area contributed by atoms with Crippen LogP contribution in [0, 0.1) is 10.1 Å². The molecule has 0 bridgehead atoms. The van der Waals surface area contributed by atoms with Gasteiger partial charge in [0.2, 0.25) is 0 Å². The van der Waals surface area contributed by atoms with Crippen molar-refractivity contribution in [3.05, 3.63) is 35.0 Å². The van der Waals surface area contributed by atoms with E-state index >= 15 is 0 Å². The molecule has 66 valence electrons. The first kappa shape index (κ1) is 10.6. The number of hydrogen-bond donors (Lipinski definition) is 1. The van der Waals surface area contributed by atoms with Gasteiger partial charge in [0, 0.05) is 6.20 Å². The largest absolute Gasteiger partial charge is 0.245 e. The maximum Gasteiger partial charge on any atom is 0.157 e. The third-order valence-corrected chi connectivity index (χ3v) is 1.06. The lowest BCUT2D eigenvalue weighted by atomic mass is 10.6. The summed E-state index contributed by atoms with van der Waals surface area (Å²) >= 11 is 5.43. The molecular formula is C6H8ClN3O2. The van der Waals surface area contributed by atoms with Crippen molar-refractivity contribution in [3.63, 3.8) is 0 Å². The van der Waals surface area contributed by atoms with E-state index in [1.807, 2.05) is 5.43 Å². The number of rotatable bonds is 5. The normalized spacial score (nSPS) is 11.6. The van der Waals surface area contributed by atoms with E-state index < -0.39 is 5.03 Å². The molecule has 5 nitrogen and oxygen atoms in total. The van der Waals surface area contributed by atoms with E-state index in [0.29, 0.717) is 0 Å². The van der Waals surface area contributed by atoms with Gasteiger partial charge in [-0.05, 0) is 12.2 Å². The molecule has 0 aromatic carbocycles. The van der Waals surface area contributed by atoms with Crippen LogP contribution in [0.15, 0.2) is 29.9 Å². The highest BCUT2D eigenvalue weighted by Gasteiger charge is 1.86. The van der Waals surface area contributed by atoms with Crippen LogP contribution in [0.25, 0.3) is 0 Å². The summed E-state index contributed by atoms with van der Waals surface area (Å²) < 4.78 is 0. The molecule has 0 aliphatic heterocycles. The van der Waals surface area contributed by atoms with E-state index in [1.165, 1.54) is 18.4 Å². The summed E-state index contributed by atoms with van der Waals surface area (Å²) in [6.07, 6.45) is 4.20.